The lowest BCUT2D eigenvalue weighted by Crippen LogP contribution is -2.28. The van der Waals surface area contributed by atoms with Crippen LogP contribution in [0.2, 0.25) is 10.0 Å². The fourth-order valence-corrected chi connectivity index (χ4v) is 3.05. The molecule has 7 heteroatoms. The molecule has 5 nitrogen and oxygen atoms in total. The van der Waals surface area contributed by atoms with Crippen LogP contribution in [0.3, 0.4) is 0 Å². The van der Waals surface area contributed by atoms with E-state index < -0.39 is 0 Å². The molecular weight excluding hydrogens is 385 g/mol. The van der Waals surface area contributed by atoms with Crippen molar-refractivity contribution >= 4 is 29.1 Å². The van der Waals surface area contributed by atoms with Gasteiger partial charge in [-0.2, -0.15) is 5.10 Å². The maximum Gasteiger partial charge on any atom is 0.258 e. The lowest BCUT2D eigenvalue weighted by atomic mass is 10.2. The van der Waals surface area contributed by atoms with Gasteiger partial charge in [0.2, 0.25) is 0 Å². The average molecular weight is 404 g/mol. The number of aryl methyl sites for hydroxylation is 1. The molecule has 1 aromatic heterocycles. The first-order chi connectivity index (χ1) is 13.0. The number of para-hydroxylation sites is 1. The lowest BCUT2D eigenvalue weighted by Gasteiger charge is -2.10. The van der Waals surface area contributed by atoms with Crippen molar-refractivity contribution in [2.24, 2.45) is 0 Å². The number of hydrogen-bond donors (Lipinski definition) is 1. The predicted molar refractivity (Wildman–Crippen MR) is 107 cm³/mol. The molecule has 27 heavy (non-hydrogen) atoms. The molecule has 0 bridgehead atoms. The minimum absolute atomic E-state index is 0.148. The SMILES string of the molecule is Cc1nn(-c2ccccc2)c(C)c1CNC(=O)COc1cc(Cl)ccc1Cl. The third-order valence-corrected chi connectivity index (χ3v) is 4.70. The van der Waals surface area contributed by atoms with Gasteiger partial charge in [-0.3, -0.25) is 4.79 Å². The average Bonchev–Trinajstić information content (AvgIpc) is 2.95. The fourth-order valence-electron chi connectivity index (χ4n) is 2.72. The van der Waals surface area contributed by atoms with E-state index in [2.05, 4.69) is 10.4 Å². The van der Waals surface area contributed by atoms with Crippen molar-refractivity contribution in [2.75, 3.05) is 6.61 Å². The van der Waals surface area contributed by atoms with Crippen LogP contribution in [0.1, 0.15) is 17.0 Å². The molecule has 0 unspecified atom stereocenters. The van der Waals surface area contributed by atoms with Crippen LogP contribution in [0, 0.1) is 13.8 Å². The number of benzene rings is 2. The van der Waals surface area contributed by atoms with Crippen molar-refractivity contribution in [1.82, 2.24) is 15.1 Å². The summed E-state index contributed by atoms with van der Waals surface area (Å²) in [7, 11) is 0. The van der Waals surface area contributed by atoms with Crippen LogP contribution >= 0.6 is 23.2 Å². The number of rotatable bonds is 6. The van der Waals surface area contributed by atoms with E-state index in [1.165, 1.54) is 0 Å². The van der Waals surface area contributed by atoms with E-state index in [-0.39, 0.29) is 12.5 Å². The molecule has 0 aliphatic carbocycles. The highest BCUT2D eigenvalue weighted by Crippen LogP contribution is 2.27. The molecule has 0 saturated carbocycles. The summed E-state index contributed by atoms with van der Waals surface area (Å²) in [4.78, 5) is 12.1. The van der Waals surface area contributed by atoms with Crippen molar-refractivity contribution < 1.29 is 9.53 Å². The molecule has 1 heterocycles. The number of nitrogens with one attached hydrogen (secondary N) is 1. The Hall–Kier alpha value is -2.50. The molecule has 0 radical (unpaired) electrons. The van der Waals surface area contributed by atoms with Gasteiger partial charge in [-0.05, 0) is 38.1 Å². The molecule has 1 amide bonds. The number of carbonyl (C=O) groups is 1. The number of aromatic nitrogens is 2. The van der Waals surface area contributed by atoms with Gasteiger partial charge in [0.1, 0.15) is 5.75 Å². The second kappa shape index (κ2) is 8.46. The quantitative estimate of drug-likeness (QED) is 0.659. The van der Waals surface area contributed by atoms with E-state index in [0.29, 0.717) is 22.3 Å². The molecule has 0 atom stereocenters. The van der Waals surface area contributed by atoms with E-state index in [1.54, 1.807) is 18.2 Å². The summed E-state index contributed by atoms with van der Waals surface area (Å²) in [6, 6.07) is 14.7. The number of halogens is 2. The van der Waals surface area contributed by atoms with E-state index in [4.69, 9.17) is 27.9 Å². The number of amides is 1. The van der Waals surface area contributed by atoms with Crippen molar-refractivity contribution in [3.63, 3.8) is 0 Å². The minimum Gasteiger partial charge on any atom is -0.482 e. The number of hydrogen-bond acceptors (Lipinski definition) is 3. The Labute approximate surface area is 167 Å². The smallest absolute Gasteiger partial charge is 0.258 e. The van der Waals surface area contributed by atoms with Crippen LogP contribution in [0.15, 0.2) is 48.5 Å². The first-order valence-electron chi connectivity index (χ1n) is 8.41. The Morgan fingerprint density at radius 2 is 1.89 bits per heavy atom. The summed E-state index contributed by atoms with van der Waals surface area (Å²) in [6.07, 6.45) is 0. The maximum atomic E-state index is 12.1. The summed E-state index contributed by atoms with van der Waals surface area (Å²) >= 11 is 11.9. The van der Waals surface area contributed by atoms with Crippen LogP contribution in [-0.2, 0) is 11.3 Å². The summed E-state index contributed by atoms with van der Waals surface area (Å²) in [5.74, 6) is 0.126. The van der Waals surface area contributed by atoms with Gasteiger partial charge in [-0.15, -0.1) is 0 Å². The summed E-state index contributed by atoms with van der Waals surface area (Å²) in [5.41, 5.74) is 3.82. The van der Waals surface area contributed by atoms with Gasteiger partial charge >= 0.3 is 0 Å². The topological polar surface area (TPSA) is 56.2 Å². The highest BCUT2D eigenvalue weighted by atomic mass is 35.5. The third-order valence-electron chi connectivity index (χ3n) is 4.16. The van der Waals surface area contributed by atoms with Crippen LogP contribution in [-0.4, -0.2) is 22.3 Å². The normalized spacial score (nSPS) is 10.7. The van der Waals surface area contributed by atoms with Crippen molar-refractivity contribution in [3.8, 4) is 11.4 Å². The van der Waals surface area contributed by atoms with Gasteiger partial charge in [0.15, 0.2) is 6.61 Å². The van der Waals surface area contributed by atoms with Crippen LogP contribution < -0.4 is 10.1 Å². The predicted octanol–water partition coefficient (Wildman–Crippen LogP) is 4.49. The fraction of sp³-hybridized carbons (Fsp3) is 0.200. The summed E-state index contributed by atoms with van der Waals surface area (Å²) in [6.45, 7) is 4.13. The summed E-state index contributed by atoms with van der Waals surface area (Å²) < 4.78 is 7.33. The van der Waals surface area contributed by atoms with Gasteiger partial charge < -0.3 is 10.1 Å². The van der Waals surface area contributed by atoms with Crippen molar-refractivity contribution in [2.45, 2.75) is 20.4 Å². The van der Waals surface area contributed by atoms with Gasteiger partial charge in [-0.1, -0.05) is 41.4 Å². The number of ether oxygens (including phenoxy) is 1. The third kappa shape index (κ3) is 4.62. The van der Waals surface area contributed by atoms with Gasteiger partial charge in [0, 0.05) is 28.9 Å². The standard InChI is InChI=1S/C20H19Cl2N3O2/c1-13-17(14(2)25(24-13)16-6-4-3-5-7-16)11-23-20(26)12-27-19-10-15(21)8-9-18(19)22/h3-10H,11-12H2,1-2H3,(H,23,26). The minimum atomic E-state index is -0.252. The zero-order chi connectivity index (χ0) is 19.4. The molecule has 2 aromatic carbocycles. The molecule has 1 N–H and O–H groups in total. The largest absolute Gasteiger partial charge is 0.482 e. The molecular formula is C20H19Cl2N3O2. The zero-order valence-electron chi connectivity index (χ0n) is 15.0. The second-order valence-corrected chi connectivity index (χ2v) is 6.88. The van der Waals surface area contributed by atoms with Gasteiger partial charge in [0.25, 0.3) is 5.91 Å². The van der Waals surface area contributed by atoms with Crippen LogP contribution in [0.25, 0.3) is 5.69 Å². The van der Waals surface area contributed by atoms with Crippen molar-refractivity contribution in [1.29, 1.82) is 0 Å². The monoisotopic (exact) mass is 403 g/mol. The Morgan fingerprint density at radius 3 is 2.63 bits per heavy atom. The first kappa shape index (κ1) is 19.3. The van der Waals surface area contributed by atoms with E-state index >= 15 is 0 Å². The molecule has 3 rings (SSSR count). The molecule has 3 aromatic rings. The van der Waals surface area contributed by atoms with E-state index in [9.17, 15) is 4.79 Å². The molecule has 140 valence electrons. The first-order valence-corrected chi connectivity index (χ1v) is 9.16. The maximum absolute atomic E-state index is 12.1. The zero-order valence-corrected chi connectivity index (χ0v) is 16.5. The molecule has 0 fully saturated rings. The second-order valence-electron chi connectivity index (χ2n) is 6.04. The number of nitrogens with zero attached hydrogens (tertiary/aromatic N) is 2. The highest BCUT2D eigenvalue weighted by molar-refractivity contribution is 6.34. The molecule has 0 saturated heterocycles. The molecule has 0 aliphatic heterocycles. The van der Waals surface area contributed by atoms with Crippen molar-refractivity contribution in [3.05, 3.63) is 75.5 Å². The molecule has 0 aliphatic rings. The number of carbonyl (C=O) groups excluding carboxylic acids is 1. The Kier molecular flexibility index (Phi) is 6.04. The van der Waals surface area contributed by atoms with E-state index in [1.807, 2.05) is 48.9 Å². The van der Waals surface area contributed by atoms with Crippen LogP contribution in [0.5, 0.6) is 5.75 Å². The Morgan fingerprint density at radius 1 is 1.15 bits per heavy atom. The molecule has 0 spiro atoms. The van der Waals surface area contributed by atoms with Gasteiger partial charge in [0.05, 0.1) is 16.4 Å². The Bertz CT molecular complexity index is 955. The van der Waals surface area contributed by atoms with Crippen LogP contribution in [0.4, 0.5) is 0 Å². The highest BCUT2D eigenvalue weighted by Gasteiger charge is 2.14. The van der Waals surface area contributed by atoms with Gasteiger partial charge in [-0.25, -0.2) is 4.68 Å². The van der Waals surface area contributed by atoms with E-state index in [0.717, 1.165) is 22.6 Å². The summed E-state index contributed by atoms with van der Waals surface area (Å²) in [5, 5.41) is 8.33. The lowest BCUT2D eigenvalue weighted by molar-refractivity contribution is -0.123. The Balaban J connectivity index is 1.62.